The average Bonchev–Trinajstić information content (AvgIpc) is 2.47. The minimum absolute atomic E-state index is 0.0498. The zero-order valence-electron chi connectivity index (χ0n) is 12.9. The summed E-state index contributed by atoms with van der Waals surface area (Å²) >= 11 is 1.78. The van der Waals surface area contributed by atoms with E-state index in [-0.39, 0.29) is 12.5 Å². The third-order valence-electron chi connectivity index (χ3n) is 3.01. The number of rotatable bonds is 6. The van der Waals surface area contributed by atoms with E-state index < -0.39 is 0 Å². The molecule has 3 nitrogen and oxygen atoms in total. The lowest BCUT2D eigenvalue weighted by Gasteiger charge is -2.12. The summed E-state index contributed by atoms with van der Waals surface area (Å²) in [5.41, 5.74) is 2.41. The van der Waals surface area contributed by atoms with Crippen LogP contribution in [0.1, 0.15) is 34.8 Å². The first-order valence-corrected chi connectivity index (χ1v) is 8.45. The number of nitrogens with one attached hydrogen (secondary N) is 1. The Morgan fingerprint density at radius 2 is 2.24 bits per heavy atom. The van der Waals surface area contributed by atoms with Gasteiger partial charge in [0.05, 0.1) is 6.61 Å². The van der Waals surface area contributed by atoms with E-state index in [9.17, 15) is 4.79 Å². The molecule has 114 valence electrons. The van der Waals surface area contributed by atoms with Gasteiger partial charge < -0.3 is 10.4 Å². The topological polar surface area (TPSA) is 49.3 Å². The molecule has 1 rings (SSSR count). The molecule has 2 N–H and O–H groups in total. The number of aryl methyl sites for hydroxylation is 1. The van der Waals surface area contributed by atoms with Crippen LogP contribution in [0.2, 0.25) is 0 Å². The van der Waals surface area contributed by atoms with Crippen LogP contribution in [0.4, 0.5) is 0 Å². The summed E-state index contributed by atoms with van der Waals surface area (Å²) in [6.45, 7) is 4.78. The highest BCUT2D eigenvalue weighted by molar-refractivity contribution is 7.98. The van der Waals surface area contributed by atoms with Crippen LogP contribution >= 0.6 is 11.8 Å². The number of aliphatic hydroxyl groups is 1. The Hall–Kier alpha value is -1.44. The minimum atomic E-state index is -0.0498. The van der Waals surface area contributed by atoms with Crippen molar-refractivity contribution in [3.63, 3.8) is 0 Å². The van der Waals surface area contributed by atoms with Crippen molar-refractivity contribution < 1.29 is 9.90 Å². The molecular formula is C17H23NO2S. The van der Waals surface area contributed by atoms with Gasteiger partial charge in [0, 0.05) is 24.1 Å². The van der Waals surface area contributed by atoms with E-state index >= 15 is 0 Å². The lowest BCUT2D eigenvalue weighted by molar-refractivity contribution is 0.0948. The largest absolute Gasteiger partial charge is 0.395 e. The molecule has 0 spiro atoms. The summed E-state index contributed by atoms with van der Waals surface area (Å²) in [6, 6.07) is 5.62. The van der Waals surface area contributed by atoms with Gasteiger partial charge in [-0.05, 0) is 42.5 Å². The molecule has 0 aliphatic heterocycles. The van der Waals surface area contributed by atoms with Gasteiger partial charge in [0.25, 0.3) is 5.91 Å². The highest BCUT2D eigenvalue weighted by atomic mass is 32.2. The maximum Gasteiger partial charge on any atom is 0.251 e. The lowest BCUT2D eigenvalue weighted by atomic mass is 10.0. The van der Waals surface area contributed by atoms with Crippen molar-refractivity contribution in [3.8, 4) is 11.8 Å². The zero-order valence-corrected chi connectivity index (χ0v) is 13.7. The molecule has 4 heteroatoms. The molecule has 0 aliphatic carbocycles. The summed E-state index contributed by atoms with van der Waals surface area (Å²) in [4.78, 5) is 12.3. The summed E-state index contributed by atoms with van der Waals surface area (Å²) < 4.78 is 0. The molecule has 0 radical (unpaired) electrons. The van der Waals surface area contributed by atoms with Crippen molar-refractivity contribution in [1.29, 1.82) is 0 Å². The standard InChI is InChI=1S/C17H23NO2S/c1-13(12-21-3)11-18-17(20)16-10-15(6-4-5-9-19)8-7-14(16)2/h7-8,10,13,19H,5,9,11-12H2,1-3H3,(H,18,20). The second kappa shape index (κ2) is 9.49. The predicted molar refractivity (Wildman–Crippen MR) is 89.6 cm³/mol. The first kappa shape index (κ1) is 17.6. The Labute approximate surface area is 131 Å². The van der Waals surface area contributed by atoms with Crippen LogP contribution in [0.3, 0.4) is 0 Å². The zero-order chi connectivity index (χ0) is 15.7. The van der Waals surface area contributed by atoms with E-state index in [1.807, 2.05) is 25.1 Å². The average molecular weight is 305 g/mol. The predicted octanol–water partition coefficient (Wildman–Crippen LogP) is 2.46. The number of hydrogen-bond donors (Lipinski definition) is 2. The maximum absolute atomic E-state index is 12.3. The van der Waals surface area contributed by atoms with Gasteiger partial charge in [0.2, 0.25) is 0 Å². The van der Waals surface area contributed by atoms with Gasteiger partial charge in [0.1, 0.15) is 0 Å². The second-order valence-corrected chi connectivity index (χ2v) is 5.99. The Morgan fingerprint density at radius 3 is 2.90 bits per heavy atom. The van der Waals surface area contributed by atoms with Crippen LogP contribution in [0, 0.1) is 24.7 Å². The normalized spacial score (nSPS) is 11.4. The Balaban J connectivity index is 2.75. The molecule has 1 aromatic carbocycles. The van der Waals surface area contributed by atoms with Crippen molar-refractivity contribution in [3.05, 3.63) is 34.9 Å². The van der Waals surface area contributed by atoms with Gasteiger partial charge in [-0.15, -0.1) is 0 Å². The Bertz CT molecular complexity index is 531. The molecule has 0 aliphatic rings. The highest BCUT2D eigenvalue weighted by Gasteiger charge is 2.10. The molecule has 0 heterocycles. The van der Waals surface area contributed by atoms with Crippen molar-refractivity contribution >= 4 is 17.7 Å². The van der Waals surface area contributed by atoms with Crippen LogP contribution < -0.4 is 5.32 Å². The number of amides is 1. The van der Waals surface area contributed by atoms with Crippen molar-refractivity contribution in [1.82, 2.24) is 5.32 Å². The molecule has 0 bridgehead atoms. The summed E-state index contributed by atoms with van der Waals surface area (Å²) in [5, 5.41) is 11.7. The SMILES string of the molecule is CSCC(C)CNC(=O)c1cc(C#CCCO)ccc1C. The van der Waals surface area contributed by atoms with Crippen LogP contribution in [-0.2, 0) is 0 Å². The second-order valence-electron chi connectivity index (χ2n) is 5.08. The Kier molecular flexibility index (Phi) is 7.96. The molecule has 1 amide bonds. The molecule has 1 atom stereocenters. The van der Waals surface area contributed by atoms with E-state index in [0.29, 0.717) is 24.4 Å². The number of carbonyl (C=O) groups is 1. The van der Waals surface area contributed by atoms with Crippen LogP contribution in [0.5, 0.6) is 0 Å². The van der Waals surface area contributed by atoms with Gasteiger partial charge >= 0.3 is 0 Å². The fourth-order valence-corrected chi connectivity index (χ4v) is 2.56. The van der Waals surface area contributed by atoms with Gasteiger partial charge in [0.15, 0.2) is 0 Å². The van der Waals surface area contributed by atoms with Gasteiger partial charge in [-0.1, -0.05) is 24.8 Å². The van der Waals surface area contributed by atoms with Crippen LogP contribution in [0.25, 0.3) is 0 Å². The van der Waals surface area contributed by atoms with Crippen LogP contribution in [-0.4, -0.2) is 36.2 Å². The quantitative estimate of drug-likeness (QED) is 0.794. The van der Waals surface area contributed by atoms with Gasteiger partial charge in [-0.25, -0.2) is 0 Å². The molecule has 0 saturated heterocycles. The van der Waals surface area contributed by atoms with Crippen molar-refractivity contribution in [2.75, 3.05) is 25.2 Å². The maximum atomic E-state index is 12.3. The molecule has 0 aromatic heterocycles. The fourth-order valence-electron chi connectivity index (χ4n) is 1.87. The van der Waals surface area contributed by atoms with E-state index in [2.05, 4.69) is 30.3 Å². The molecule has 1 aromatic rings. The summed E-state index contributed by atoms with van der Waals surface area (Å²) in [7, 11) is 0. The highest BCUT2D eigenvalue weighted by Crippen LogP contribution is 2.11. The molecule has 1 unspecified atom stereocenters. The van der Waals surface area contributed by atoms with Gasteiger partial charge in [-0.2, -0.15) is 11.8 Å². The number of benzene rings is 1. The number of carbonyl (C=O) groups excluding carboxylic acids is 1. The van der Waals surface area contributed by atoms with Gasteiger partial charge in [-0.3, -0.25) is 4.79 Å². The first-order chi connectivity index (χ1) is 10.1. The molecule has 0 saturated carbocycles. The third kappa shape index (κ3) is 6.24. The third-order valence-corrected chi connectivity index (χ3v) is 3.92. The van der Waals surface area contributed by atoms with Crippen LogP contribution in [0.15, 0.2) is 18.2 Å². The molecule has 21 heavy (non-hydrogen) atoms. The molecule has 0 fully saturated rings. The van der Waals surface area contributed by atoms with Crippen molar-refractivity contribution in [2.24, 2.45) is 5.92 Å². The first-order valence-electron chi connectivity index (χ1n) is 7.06. The van der Waals surface area contributed by atoms with E-state index in [1.54, 1.807) is 11.8 Å². The fraction of sp³-hybridized carbons (Fsp3) is 0.471. The molecular weight excluding hydrogens is 282 g/mol. The summed E-state index contributed by atoms with van der Waals surface area (Å²) in [6.07, 6.45) is 2.51. The number of aliphatic hydroxyl groups excluding tert-OH is 1. The Morgan fingerprint density at radius 1 is 1.48 bits per heavy atom. The minimum Gasteiger partial charge on any atom is -0.395 e. The lowest BCUT2D eigenvalue weighted by Crippen LogP contribution is -2.29. The van der Waals surface area contributed by atoms with E-state index in [1.165, 1.54) is 0 Å². The number of hydrogen-bond acceptors (Lipinski definition) is 3. The van der Waals surface area contributed by atoms with Crippen molar-refractivity contribution in [2.45, 2.75) is 20.3 Å². The summed E-state index contributed by atoms with van der Waals surface area (Å²) in [5.74, 6) is 7.27. The van der Waals surface area contributed by atoms with E-state index in [4.69, 9.17) is 5.11 Å². The number of thioether (sulfide) groups is 1. The smallest absolute Gasteiger partial charge is 0.251 e. The van der Waals surface area contributed by atoms with E-state index in [0.717, 1.165) is 16.9 Å². The monoisotopic (exact) mass is 305 g/mol.